The van der Waals surface area contributed by atoms with E-state index in [4.69, 9.17) is 10.2 Å². The van der Waals surface area contributed by atoms with Gasteiger partial charge in [0.2, 0.25) is 0 Å². The average molecular weight is 244 g/mol. The summed E-state index contributed by atoms with van der Waals surface area (Å²) in [6.45, 7) is 2.46. The molecule has 1 aliphatic rings. The average Bonchev–Trinajstić information content (AvgIpc) is 3.04. The van der Waals surface area contributed by atoms with E-state index in [1.165, 1.54) is 0 Å². The lowest BCUT2D eigenvalue weighted by Crippen LogP contribution is -2.43. The SMILES string of the molecule is CCCC1(CNC(=O)NCC(O)C(=O)O)CC1. The van der Waals surface area contributed by atoms with E-state index in [1.54, 1.807) is 0 Å². The van der Waals surface area contributed by atoms with Gasteiger partial charge in [-0.15, -0.1) is 0 Å². The lowest BCUT2D eigenvalue weighted by Gasteiger charge is -2.15. The number of carboxylic acid groups (broad SMARTS) is 1. The van der Waals surface area contributed by atoms with E-state index in [-0.39, 0.29) is 12.0 Å². The Morgan fingerprint density at radius 3 is 2.47 bits per heavy atom. The maximum Gasteiger partial charge on any atom is 0.334 e. The van der Waals surface area contributed by atoms with Gasteiger partial charge in [0, 0.05) is 6.54 Å². The number of aliphatic hydroxyl groups excluding tert-OH is 1. The number of carbonyl (C=O) groups excluding carboxylic acids is 1. The van der Waals surface area contributed by atoms with Gasteiger partial charge < -0.3 is 20.8 Å². The van der Waals surface area contributed by atoms with Gasteiger partial charge in [-0.2, -0.15) is 0 Å². The molecule has 6 nitrogen and oxygen atoms in total. The Morgan fingerprint density at radius 2 is 2.00 bits per heavy atom. The predicted octanol–water partition coefficient (Wildman–Crippen LogP) is 0.311. The van der Waals surface area contributed by atoms with Gasteiger partial charge in [-0.25, -0.2) is 9.59 Å². The molecule has 17 heavy (non-hydrogen) atoms. The van der Waals surface area contributed by atoms with Crippen molar-refractivity contribution in [2.24, 2.45) is 5.41 Å². The van der Waals surface area contributed by atoms with Crippen molar-refractivity contribution in [1.82, 2.24) is 10.6 Å². The number of rotatable bonds is 7. The van der Waals surface area contributed by atoms with Crippen molar-refractivity contribution >= 4 is 12.0 Å². The molecule has 0 aromatic heterocycles. The van der Waals surface area contributed by atoms with Crippen LogP contribution in [0.5, 0.6) is 0 Å². The molecule has 0 aromatic carbocycles. The number of nitrogens with one attached hydrogen (secondary N) is 2. The zero-order valence-corrected chi connectivity index (χ0v) is 10.0. The Morgan fingerprint density at radius 1 is 1.35 bits per heavy atom. The highest BCUT2D eigenvalue weighted by atomic mass is 16.4. The first-order valence-electron chi connectivity index (χ1n) is 5.92. The summed E-state index contributed by atoms with van der Waals surface area (Å²) in [7, 11) is 0. The summed E-state index contributed by atoms with van der Waals surface area (Å²) in [5.74, 6) is -1.34. The van der Waals surface area contributed by atoms with Gasteiger partial charge in [0.25, 0.3) is 0 Å². The minimum absolute atomic E-state index is 0.261. The van der Waals surface area contributed by atoms with Crippen molar-refractivity contribution < 1.29 is 19.8 Å². The van der Waals surface area contributed by atoms with Crippen molar-refractivity contribution in [1.29, 1.82) is 0 Å². The Balaban J connectivity index is 2.15. The zero-order chi connectivity index (χ0) is 12.9. The molecule has 0 heterocycles. The molecule has 1 saturated carbocycles. The molecule has 0 saturated heterocycles. The molecular weight excluding hydrogens is 224 g/mol. The van der Waals surface area contributed by atoms with E-state index < -0.39 is 18.1 Å². The van der Waals surface area contributed by atoms with Crippen LogP contribution in [0.1, 0.15) is 32.6 Å². The predicted molar refractivity (Wildman–Crippen MR) is 61.6 cm³/mol. The van der Waals surface area contributed by atoms with Crippen LogP contribution in [0.15, 0.2) is 0 Å². The van der Waals surface area contributed by atoms with Crippen LogP contribution in [0.3, 0.4) is 0 Å². The number of aliphatic hydroxyl groups is 1. The second kappa shape index (κ2) is 5.86. The summed E-state index contributed by atoms with van der Waals surface area (Å²) in [6, 6.07) is -0.423. The molecule has 1 fully saturated rings. The van der Waals surface area contributed by atoms with Crippen LogP contribution in [0.25, 0.3) is 0 Å². The highest BCUT2D eigenvalue weighted by Crippen LogP contribution is 2.48. The van der Waals surface area contributed by atoms with E-state index in [2.05, 4.69) is 17.6 Å². The number of aliphatic carboxylic acids is 1. The first-order valence-corrected chi connectivity index (χ1v) is 5.92. The molecule has 2 amide bonds. The van der Waals surface area contributed by atoms with E-state index in [1.807, 2.05) is 0 Å². The van der Waals surface area contributed by atoms with E-state index in [9.17, 15) is 9.59 Å². The second-order valence-electron chi connectivity index (χ2n) is 4.67. The third-order valence-electron chi connectivity index (χ3n) is 3.10. The summed E-state index contributed by atoms with van der Waals surface area (Å²) in [5.41, 5.74) is 0.261. The van der Waals surface area contributed by atoms with Crippen molar-refractivity contribution in [3.63, 3.8) is 0 Å². The smallest absolute Gasteiger partial charge is 0.334 e. The Kier molecular flexibility index (Phi) is 4.74. The van der Waals surface area contributed by atoms with Gasteiger partial charge in [0.1, 0.15) is 0 Å². The van der Waals surface area contributed by atoms with Crippen LogP contribution >= 0.6 is 0 Å². The highest BCUT2D eigenvalue weighted by molar-refractivity contribution is 5.76. The number of carbonyl (C=O) groups is 2. The Labute approximate surface area is 100 Å². The first-order chi connectivity index (χ1) is 7.99. The van der Waals surface area contributed by atoms with E-state index in [0.717, 1.165) is 25.7 Å². The summed E-state index contributed by atoms with van der Waals surface area (Å²) in [5, 5.41) is 22.4. The number of hydrogen-bond donors (Lipinski definition) is 4. The van der Waals surface area contributed by atoms with E-state index >= 15 is 0 Å². The van der Waals surface area contributed by atoms with Crippen LogP contribution in [0.2, 0.25) is 0 Å². The van der Waals surface area contributed by atoms with Gasteiger partial charge >= 0.3 is 12.0 Å². The number of hydrogen-bond acceptors (Lipinski definition) is 3. The van der Waals surface area contributed by atoms with Gasteiger partial charge in [-0.05, 0) is 24.7 Å². The lowest BCUT2D eigenvalue weighted by molar-refractivity contribution is -0.146. The number of urea groups is 1. The van der Waals surface area contributed by atoms with Crippen molar-refractivity contribution in [3.05, 3.63) is 0 Å². The Hall–Kier alpha value is -1.30. The molecule has 98 valence electrons. The molecule has 1 rings (SSSR count). The molecule has 0 spiro atoms. The van der Waals surface area contributed by atoms with Crippen LogP contribution < -0.4 is 10.6 Å². The topological polar surface area (TPSA) is 98.7 Å². The summed E-state index contributed by atoms with van der Waals surface area (Å²) < 4.78 is 0. The molecule has 1 atom stereocenters. The maximum atomic E-state index is 11.3. The highest BCUT2D eigenvalue weighted by Gasteiger charge is 2.41. The molecule has 1 unspecified atom stereocenters. The van der Waals surface area contributed by atoms with Gasteiger partial charge in [-0.3, -0.25) is 0 Å². The summed E-state index contributed by atoms with van der Waals surface area (Å²) in [4.78, 5) is 21.6. The molecule has 0 bridgehead atoms. The summed E-state index contributed by atoms with van der Waals surface area (Å²) in [6.07, 6.45) is 2.93. The lowest BCUT2D eigenvalue weighted by atomic mass is 10.0. The monoisotopic (exact) mass is 244 g/mol. The quantitative estimate of drug-likeness (QED) is 0.518. The van der Waals surface area contributed by atoms with Crippen LogP contribution in [-0.4, -0.2) is 41.4 Å². The van der Waals surface area contributed by atoms with Crippen molar-refractivity contribution in [2.75, 3.05) is 13.1 Å². The largest absolute Gasteiger partial charge is 0.479 e. The first kappa shape index (κ1) is 13.8. The number of carboxylic acids is 1. The third-order valence-corrected chi connectivity index (χ3v) is 3.10. The number of amides is 2. The van der Waals surface area contributed by atoms with Gasteiger partial charge in [-0.1, -0.05) is 13.3 Å². The zero-order valence-electron chi connectivity index (χ0n) is 10.0. The summed E-state index contributed by atoms with van der Waals surface area (Å²) >= 11 is 0. The van der Waals surface area contributed by atoms with Crippen molar-refractivity contribution in [2.45, 2.75) is 38.7 Å². The van der Waals surface area contributed by atoms with Gasteiger partial charge in [0.15, 0.2) is 6.10 Å². The van der Waals surface area contributed by atoms with Crippen LogP contribution in [-0.2, 0) is 4.79 Å². The fourth-order valence-electron chi connectivity index (χ4n) is 1.83. The molecule has 1 aliphatic carbocycles. The molecule has 0 aromatic rings. The fourth-order valence-corrected chi connectivity index (χ4v) is 1.83. The van der Waals surface area contributed by atoms with Crippen molar-refractivity contribution in [3.8, 4) is 0 Å². The third kappa shape index (κ3) is 4.60. The standard InChI is InChI=1S/C11H20N2O4/c1-2-3-11(4-5-11)7-13-10(17)12-6-8(14)9(15)16/h8,14H,2-7H2,1H3,(H,15,16)(H2,12,13,17). The van der Waals surface area contributed by atoms with Crippen LogP contribution in [0.4, 0.5) is 4.79 Å². The fraction of sp³-hybridized carbons (Fsp3) is 0.818. The van der Waals surface area contributed by atoms with E-state index in [0.29, 0.717) is 6.54 Å². The van der Waals surface area contributed by atoms with Crippen LogP contribution in [0, 0.1) is 5.41 Å². The minimum Gasteiger partial charge on any atom is -0.479 e. The second-order valence-corrected chi connectivity index (χ2v) is 4.67. The maximum absolute atomic E-state index is 11.3. The van der Waals surface area contributed by atoms with Gasteiger partial charge in [0.05, 0.1) is 6.54 Å². The molecule has 0 radical (unpaired) electrons. The Bertz CT molecular complexity index is 289. The molecular formula is C11H20N2O4. The minimum atomic E-state index is -1.55. The molecule has 4 N–H and O–H groups in total. The normalized spacial score (nSPS) is 18.2. The molecule has 6 heteroatoms. The molecule has 0 aliphatic heterocycles.